The van der Waals surface area contributed by atoms with Crippen molar-refractivity contribution in [3.63, 3.8) is 0 Å². The Bertz CT molecular complexity index is 867. The number of aromatic nitrogens is 1. The maximum Gasteiger partial charge on any atom is 0.248 e. The summed E-state index contributed by atoms with van der Waals surface area (Å²) in [5, 5.41) is 9.03. The molecule has 1 aromatic rings. The zero-order chi connectivity index (χ0) is 21.0. The van der Waals surface area contributed by atoms with Gasteiger partial charge >= 0.3 is 0 Å². The minimum absolute atomic E-state index is 0.0288. The summed E-state index contributed by atoms with van der Waals surface area (Å²) in [5.74, 6) is -2.61. The highest BCUT2D eigenvalue weighted by Gasteiger charge is 2.34. The monoisotopic (exact) mass is 413 g/mol. The van der Waals surface area contributed by atoms with Crippen LogP contribution in [0.5, 0.6) is 5.88 Å². The molecule has 0 spiro atoms. The van der Waals surface area contributed by atoms with E-state index in [2.05, 4.69) is 9.71 Å². The third kappa shape index (κ3) is 6.44. The Balaban J connectivity index is 2.15. The van der Waals surface area contributed by atoms with E-state index in [4.69, 9.17) is 10.00 Å². The summed E-state index contributed by atoms with van der Waals surface area (Å²) in [5.41, 5.74) is -0.249. The molecule has 0 radical (unpaired) electrons. The van der Waals surface area contributed by atoms with E-state index >= 15 is 0 Å². The number of alkyl halides is 2. The van der Waals surface area contributed by atoms with Crippen LogP contribution in [-0.2, 0) is 10.0 Å². The number of anilines is 1. The molecule has 1 aromatic heterocycles. The number of nitriles is 1. The number of methoxy groups -OCH3 is 1. The Hall–Kier alpha value is -2.21. The second kappa shape index (κ2) is 8.43. The maximum atomic E-state index is 13.3. The number of hydrogen-bond donors (Lipinski definition) is 1. The number of ether oxygens (including phenoxy) is 1. The Morgan fingerprint density at radius 3 is 2.64 bits per heavy atom. The first-order valence-corrected chi connectivity index (χ1v) is 10.6. The molecule has 1 aliphatic rings. The lowest BCUT2D eigenvalue weighted by molar-refractivity contribution is -0.0410. The number of hydrogen-bond acceptors (Lipinski definition) is 5. The minimum atomic E-state index is -3.75. The summed E-state index contributed by atoms with van der Waals surface area (Å²) in [6, 6.07) is 3.52. The fourth-order valence-corrected chi connectivity index (χ4v) is 4.59. The van der Waals surface area contributed by atoms with Crippen LogP contribution in [0.2, 0.25) is 0 Å². The van der Waals surface area contributed by atoms with Gasteiger partial charge in [0, 0.05) is 18.4 Å². The minimum Gasteiger partial charge on any atom is -0.481 e. The molecule has 0 amide bonds. The van der Waals surface area contributed by atoms with Crippen LogP contribution in [0.15, 0.2) is 18.3 Å². The van der Waals surface area contributed by atoms with Gasteiger partial charge in [0.25, 0.3) is 0 Å². The zero-order valence-corrected chi connectivity index (χ0v) is 17.0. The Kier molecular flexibility index (Phi) is 6.65. The van der Waals surface area contributed by atoms with Crippen molar-refractivity contribution >= 4 is 21.8 Å². The molecule has 9 heteroatoms. The van der Waals surface area contributed by atoms with Crippen LogP contribution < -0.4 is 9.46 Å². The van der Waals surface area contributed by atoms with Crippen LogP contribution >= 0.6 is 0 Å². The van der Waals surface area contributed by atoms with Gasteiger partial charge in [0.05, 0.1) is 36.2 Å². The fraction of sp³-hybridized carbons (Fsp3) is 0.579. The molecule has 0 atom stereocenters. The van der Waals surface area contributed by atoms with Gasteiger partial charge in [0.15, 0.2) is 0 Å². The van der Waals surface area contributed by atoms with E-state index in [0.717, 1.165) is 0 Å². The van der Waals surface area contributed by atoms with Gasteiger partial charge in [0.1, 0.15) is 0 Å². The number of pyridine rings is 1. The first-order valence-electron chi connectivity index (χ1n) is 8.97. The van der Waals surface area contributed by atoms with Gasteiger partial charge in [-0.25, -0.2) is 22.2 Å². The Labute approximate surface area is 164 Å². The molecule has 0 aliphatic heterocycles. The van der Waals surface area contributed by atoms with Gasteiger partial charge < -0.3 is 4.74 Å². The molecule has 1 N–H and O–H groups in total. The number of allylic oxidation sites excluding steroid dienone is 1. The van der Waals surface area contributed by atoms with Gasteiger partial charge in [-0.05, 0) is 38.7 Å². The molecular weight excluding hydrogens is 388 g/mol. The molecule has 1 aliphatic carbocycles. The van der Waals surface area contributed by atoms with Crippen molar-refractivity contribution in [1.82, 2.24) is 4.98 Å². The summed E-state index contributed by atoms with van der Waals surface area (Å²) >= 11 is 0. The normalized spacial score (nSPS) is 18.0. The first-order chi connectivity index (χ1) is 13.0. The smallest absolute Gasteiger partial charge is 0.248 e. The van der Waals surface area contributed by atoms with Crippen molar-refractivity contribution in [2.75, 3.05) is 17.6 Å². The predicted octanol–water partition coefficient (Wildman–Crippen LogP) is 4.22. The number of sulfonamides is 1. The van der Waals surface area contributed by atoms with Crippen LogP contribution in [0.1, 0.15) is 45.1 Å². The molecule has 1 heterocycles. The zero-order valence-electron chi connectivity index (χ0n) is 16.2. The van der Waals surface area contributed by atoms with Crippen molar-refractivity contribution in [2.24, 2.45) is 11.3 Å². The fourth-order valence-electron chi connectivity index (χ4n) is 3.03. The number of nitrogens with zero attached hydrogens (tertiary/aromatic N) is 2. The van der Waals surface area contributed by atoms with Crippen LogP contribution in [-0.4, -0.2) is 32.2 Å². The van der Waals surface area contributed by atoms with Crippen LogP contribution in [0.4, 0.5) is 14.5 Å². The number of nitrogens with one attached hydrogen (secondary N) is 1. The van der Waals surface area contributed by atoms with E-state index in [1.54, 1.807) is 26.0 Å². The molecule has 28 heavy (non-hydrogen) atoms. The summed E-state index contributed by atoms with van der Waals surface area (Å²) in [6.07, 6.45) is 5.42. The second-order valence-corrected chi connectivity index (χ2v) is 9.45. The lowest BCUT2D eigenvalue weighted by Gasteiger charge is -2.26. The SMILES string of the molecule is COc1ncc(NS(=O)(=O)CC(C)(C)C#N)cc1C=CC1CCC(F)(F)CC1. The van der Waals surface area contributed by atoms with Gasteiger partial charge in [0.2, 0.25) is 21.8 Å². The van der Waals surface area contributed by atoms with E-state index in [9.17, 15) is 17.2 Å². The van der Waals surface area contributed by atoms with Crippen molar-refractivity contribution < 1.29 is 21.9 Å². The van der Waals surface area contributed by atoms with Gasteiger partial charge in [-0.3, -0.25) is 4.72 Å². The van der Waals surface area contributed by atoms with Crippen molar-refractivity contribution in [1.29, 1.82) is 5.26 Å². The van der Waals surface area contributed by atoms with E-state index < -0.39 is 21.4 Å². The molecule has 6 nitrogen and oxygen atoms in total. The number of rotatable bonds is 7. The van der Waals surface area contributed by atoms with Crippen molar-refractivity contribution in [2.45, 2.75) is 45.5 Å². The van der Waals surface area contributed by atoms with Gasteiger partial charge in [-0.1, -0.05) is 12.2 Å². The summed E-state index contributed by atoms with van der Waals surface area (Å²) in [4.78, 5) is 4.10. The topological polar surface area (TPSA) is 92.1 Å². The standard InChI is InChI=1S/C19H25F2N3O3S/c1-18(2,12-22)13-28(25,26)24-16-10-15(17(27-3)23-11-16)5-4-14-6-8-19(20,21)9-7-14/h4-5,10-11,14,24H,6-9,13H2,1-3H3. The van der Waals surface area contributed by atoms with Crippen molar-refractivity contribution in [3.8, 4) is 11.9 Å². The third-order valence-corrected chi connectivity index (χ3v) is 6.16. The highest BCUT2D eigenvalue weighted by Crippen LogP contribution is 2.37. The molecule has 0 saturated heterocycles. The summed E-state index contributed by atoms with van der Waals surface area (Å²) in [6.45, 7) is 3.08. The maximum absolute atomic E-state index is 13.3. The van der Waals surface area contributed by atoms with E-state index in [0.29, 0.717) is 24.3 Å². The van der Waals surface area contributed by atoms with E-state index in [1.807, 2.05) is 12.1 Å². The molecule has 1 fully saturated rings. The van der Waals surface area contributed by atoms with Gasteiger partial charge in [-0.2, -0.15) is 5.26 Å². The van der Waals surface area contributed by atoms with Gasteiger partial charge in [-0.15, -0.1) is 0 Å². The van der Waals surface area contributed by atoms with Crippen molar-refractivity contribution in [3.05, 3.63) is 23.9 Å². The predicted molar refractivity (Wildman–Crippen MR) is 104 cm³/mol. The lowest BCUT2D eigenvalue weighted by Crippen LogP contribution is -2.27. The van der Waals surface area contributed by atoms with Crippen LogP contribution in [0.3, 0.4) is 0 Å². The molecule has 1 saturated carbocycles. The Morgan fingerprint density at radius 2 is 2.07 bits per heavy atom. The highest BCUT2D eigenvalue weighted by molar-refractivity contribution is 7.92. The largest absolute Gasteiger partial charge is 0.481 e. The van der Waals surface area contributed by atoms with Crippen LogP contribution in [0.25, 0.3) is 6.08 Å². The Morgan fingerprint density at radius 1 is 1.43 bits per heavy atom. The highest BCUT2D eigenvalue weighted by atomic mass is 32.2. The molecule has 0 unspecified atom stereocenters. The lowest BCUT2D eigenvalue weighted by atomic mass is 9.86. The second-order valence-electron chi connectivity index (χ2n) is 7.73. The summed E-state index contributed by atoms with van der Waals surface area (Å²) < 4.78 is 58.8. The molecule has 154 valence electrons. The molecule has 2 rings (SSSR count). The third-order valence-electron chi connectivity index (χ3n) is 4.51. The average Bonchev–Trinajstić information content (AvgIpc) is 2.59. The van der Waals surface area contributed by atoms with E-state index in [1.165, 1.54) is 13.3 Å². The van der Waals surface area contributed by atoms with E-state index in [-0.39, 0.29) is 30.2 Å². The molecule has 0 bridgehead atoms. The molecule has 0 aromatic carbocycles. The summed E-state index contributed by atoms with van der Waals surface area (Å²) in [7, 11) is -2.31. The molecular formula is C19H25F2N3O3S. The quantitative estimate of drug-likeness (QED) is 0.722. The first kappa shape index (κ1) is 22.1. The van der Waals surface area contributed by atoms with Crippen LogP contribution in [0, 0.1) is 22.7 Å². The number of halogens is 2. The average molecular weight is 413 g/mol.